The van der Waals surface area contributed by atoms with Crippen LogP contribution in [0.15, 0.2) is 42.5 Å². The molecule has 4 bridgehead atoms. The van der Waals surface area contributed by atoms with Crippen LogP contribution in [0.2, 0.25) is 10.0 Å². The highest BCUT2D eigenvalue weighted by Gasteiger charge is 2.51. The van der Waals surface area contributed by atoms with Crippen LogP contribution in [0.1, 0.15) is 83.3 Å². The Labute approximate surface area is 272 Å². The number of rotatable bonds is 12. The number of nitrogens with one attached hydrogen (secondary N) is 1. The quantitative estimate of drug-likeness (QED) is 0.267. The number of halogens is 2. The predicted molar refractivity (Wildman–Crippen MR) is 177 cm³/mol. The number of benzene rings is 2. The van der Waals surface area contributed by atoms with Crippen LogP contribution in [-0.4, -0.2) is 50.0 Å². The van der Waals surface area contributed by atoms with E-state index in [2.05, 4.69) is 17.4 Å². The van der Waals surface area contributed by atoms with Crippen LogP contribution in [0.25, 0.3) is 0 Å². The minimum atomic E-state index is -3.82. The van der Waals surface area contributed by atoms with E-state index in [9.17, 15) is 18.0 Å². The number of hydrogen-bond acceptors (Lipinski definition) is 4. The Balaban J connectivity index is 1.41. The van der Waals surface area contributed by atoms with E-state index in [-0.39, 0.29) is 23.9 Å². The lowest BCUT2D eigenvalue weighted by molar-refractivity contribution is -0.140. The van der Waals surface area contributed by atoms with Crippen molar-refractivity contribution in [2.75, 3.05) is 17.1 Å². The molecule has 2 amide bonds. The third-order valence-electron chi connectivity index (χ3n) is 10.2. The lowest BCUT2D eigenvalue weighted by atomic mass is 9.48. The molecule has 0 heterocycles. The first-order valence-corrected chi connectivity index (χ1v) is 18.5. The van der Waals surface area contributed by atoms with Gasteiger partial charge in [0.2, 0.25) is 21.8 Å². The predicted octanol–water partition coefficient (Wildman–Crippen LogP) is 6.95. The smallest absolute Gasteiger partial charge is 0.244 e. The summed E-state index contributed by atoms with van der Waals surface area (Å²) in [6.45, 7) is 5.37. The van der Waals surface area contributed by atoms with E-state index in [1.165, 1.54) is 49.0 Å². The van der Waals surface area contributed by atoms with E-state index in [4.69, 9.17) is 23.2 Å². The average Bonchev–Trinajstić information content (AvgIpc) is 2.96. The second kappa shape index (κ2) is 13.2. The van der Waals surface area contributed by atoms with Gasteiger partial charge in [-0.2, -0.15) is 0 Å². The van der Waals surface area contributed by atoms with E-state index >= 15 is 0 Å². The van der Waals surface area contributed by atoms with Gasteiger partial charge in [0.05, 0.1) is 22.0 Å². The fourth-order valence-electron chi connectivity index (χ4n) is 8.25. The highest BCUT2D eigenvalue weighted by atomic mass is 35.5. The Morgan fingerprint density at radius 1 is 0.932 bits per heavy atom. The summed E-state index contributed by atoms with van der Waals surface area (Å²) in [6.07, 6.45) is 9.92. The number of sulfonamides is 1. The van der Waals surface area contributed by atoms with Gasteiger partial charge in [-0.05, 0) is 117 Å². The van der Waals surface area contributed by atoms with Gasteiger partial charge in [-0.3, -0.25) is 13.9 Å². The third-order valence-corrected chi connectivity index (χ3v) is 12.1. The van der Waals surface area contributed by atoms with Gasteiger partial charge in [-0.15, -0.1) is 0 Å². The monoisotopic (exact) mass is 661 g/mol. The molecule has 4 aliphatic rings. The molecule has 4 aliphatic carbocycles. The second-order valence-electron chi connectivity index (χ2n) is 13.5. The zero-order chi connectivity index (χ0) is 31.8. The van der Waals surface area contributed by atoms with Gasteiger partial charge in [0.15, 0.2) is 0 Å². The van der Waals surface area contributed by atoms with Crippen LogP contribution in [0, 0.1) is 17.8 Å². The molecule has 4 saturated carbocycles. The summed E-state index contributed by atoms with van der Waals surface area (Å²) in [5.74, 6) is 1.66. The molecular weight excluding hydrogens is 617 g/mol. The molecule has 0 spiro atoms. The minimum absolute atomic E-state index is 0.0708. The molecule has 2 aromatic carbocycles. The number of hydrogen-bond donors (Lipinski definition) is 1. The van der Waals surface area contributed by atoms with Crippen molar-refractivity contribution < 1.29 is 18.0 Å². The van der Waals surface area contributed by atoms with Gasteiger partial charge in [0.1, 0.15) is 12.6 Å². The fourth-order valence-corrected chi connectivity index (χ4v) is 9.42. The Bertz CT molecular complexity index is 1440. The molecule has 4 fully saturated rings. The number of nitrogens with zero attached hydrogens (tertiary/aromatic N) is 2. The molecule has 1 N–H and O–H groups in total. The normalized spacial score (nSPS) is 25.4. The molecule has 44 heavy (non-hydrogen) atoms. The van der Waals surface area contributed by atoms with Crippen LogP contribution in [0.3, 0.4) is 0 Å². The van der Waals surface area contributed by atoms with Crippen molar-refractivity contribution in [2.45, 2.75) is 96.2 Å². The SMILES string of the molecule is CC[C@@H](C)NC(=O)[C@@H](CC)N(Cc1ccc(Cl)c(Cl)c1)C(=O)CN(c1ccc(C23CC4CC(CC(C4)C2)C3)cc1)S(C)(=O)=O. The maximum atomic E-state index is 14.1. The summed E-state index contributed by atoms with van der Waals surface area (Å²) in [5, 5.41) is 3.71. The van der Waals surface area contributed by atoms with Crippen LogP contribution < -0.4 is 9.62 Å². The largest absolute Gasteiger partial charge is 0.352 e. The maximum Gasteiger partial charge on any atom is 0.244 e. The van der Waals surface area contributed by atoms with E-state index in [1.54, 1.807) is 18.2 Å². The average molecular weight is 663 g/mol. The topological polar surface area (TPSA) is 86.8 Å². The first kappa shape index (κ1) is 33.1. The van der Waals surface area contributed by atoms with Gasteiger partial charge in [0.25, 0.3) is 0 Å². The van der Waals surface area contributed by atoms with E-state index < -0.39 is 28.5 Å². The molecule has 2 aromatic rings. The van der Waals surface area contributed by atoms with Gasteiger partial charge in [-0.25, -0.2) is 8.42 Å². The van der Waals surface area contributed by atoms with Crippen LogP contribution in [-0.2, 0) is 31.6 Å². The van der Waals surface area contributed by atoms with E-state index in [0.29, 0.717) is 27.7 Å². The van der Waals surface area contributed by atoms with E-state index in [1.807, 2.05) is 32.9 Å². The van der Waals surface area contributed by atoms with Crippen molar-refractivity contribution in [3.05, 3.63) is 63.6 Å². The highest BCUT2D eigenvalue weighted by Crippen LogP contribution is 2.60. The highest BCUT2D eigenvalue weighted by molar-refractivity contribution is 7.92. The Hall–Kier alpha value is -2.29. The lowest BCUT2D eigenvalue weighted by Crippen LogP contribution is -2.53. The summed E-state index contributed by atoms with van der Waals surface area (Å²) in [7, 11) is -3.82. The van der Waals surface area contributed by atoms with Crippen LogP contribution >= 0.6 is 23.2 Å². The summed E-state index contributed by atoms with van der Waals surface area (Å²) in [6, 6.07) is 12.0. The number of amides is 2. The molecule has 6 rings (SSSR count). The molecule has 240 valence electrons. The van der Waals surface area contributed by atoms with Gasteiger partial charge in [-0.1, -0.05) is 55.2 Å². The van der Waals surface area contributed by atoms with Crippen molar-refractivity contribution in [3.63, 3.8) is 0 Å². The molecule has 0 aromatic heterocycles. The van der Waals surface area contributed by atoms with Gasteiger partial charge >= 0.3 is 0 Å². The molecular formula is C34H45Cl2N3O4S. The molecule has 0 saturated heterocycles. The zero-order valence-electron chi connectivity index (χ0n) is 26.2. The first-order chi connectivity index (χ1) is 20.8. The first-order valence-electron chi connectivity index (χ1n) is 15.9. The zero-order valence-corrected chi connectivity index (χ0v) is 28.5. The molecule has 10 heteroatoms. The van der Waals surface area contributed by atoms with Crippen LogP contribution in [0.5, 0.6) is 0 Å². The van der Waals surface area contributed by atoms with E-state index in [0.717, 1.165) is 34.7 Å². The van der Waals surface area contributed by atoms with Gasteiger partial charge < -0.3 is 10.2 Å². The molecule has 0 unspecified atom stereocenters. The summed E-state index contributed by atoms with van der Waals surface area (Å²) in [4.78, 5) is 28.9. The van der Waals surface area contributed by atoms with Crippen molar-refractivity contribution in [1.29, 1.82) is 0 Å². The third kappa shape index (κ3) is 7.07. The van der Waals surface area contributed by atoms with Crippen LogP contribution in [0.4, 0.5) is 5.69 Å². The van der Waals surface area contributed by atoms with Crippen molar-refractivity contribution in [1.82, 2.24) is 10.2 Å². The van der Waals surface area contributed by atoms with Crippen molar-refractivity contribution in [2.24, 2.45) is 17.8 Å². The van der Waals surface area contributed by atoms with Crippen molar-refractivity contribution >= 4 is 50.7 Å². The summed E-state index contributed by atoms with van der Waals surface area (Å²) >= 11 is 12.4. The number of anilines is 1. The Morgan fingerprint density at radius 2 is 1.52 bits per heavy atom. The molecule has 0 aliphatic heterocycles. The Morgan fingerprint density at radius 3 is 2.02 bits per heavy atom. The fraction of sp³-hybridized carbons (Fsp3) is 0.588. The van der Waals surface area contributed by atoms with Gasteiger partial charge in [0, 0.05) is 12.6 Å². The summed E-state index contributed by atoms with van der Waals surface area (Å²) in [5.41, 5.74) is 2.61. The second-order valence-corrected chi connectivity index (χ2v) is 16.2. The number of carbonyl (C=O) groups is 2. The molecule has 7 nitrogen and oxygen atoms in total. The molecule has 0 radical (unpaired) electrons. The summed E-state index contributed by atoms with van der Waals surface area (Å²) < 4.78 is 27.4. The number of carbonyl (C=O) groups excluding carboxylic acids is 2. The lowest BCUT2D eigenvalue weighted by Gasteiger charge is -2.57. The standard InChI is InChI=1S/C34H45Cl2N3O4S/c1-5-22(3)37-33(41)31(6-2)38(20-23-7-12-29(35)30(36)16-23)32(40)21-39(44(4,42)43)28-10-8-27(9-11-28)34-17-24-13-25(18-34)15-26(14-24)19-34/h7-12,16,22,24-26,31H,5-6,13-15,17-21H2,1-4H3,(H,37,41)/t22-,24?,25?,26?,31-,34?/m1/s1. The van der Waals surface area contributed by atoms with Crippen molar-refractivity contribution in [3.8, 4) is 0 Å². The molecule has 2 atom stereocenters. The maximum absolute atomic E-state index is 14.1. The minimum Gasteiger partial charge on any atom is -0.352 e. The Kier molecular flexibility index (Phi) is 9.93.